The fourth-order valence-corrected chi connectivity index (χ4v) is 2.52. The fraction of sp³-hybridized carbons (Fsp3) is 0.571. The molecule has 1 heterocycles. The summed E-state index contributed by atoms with van der Waals surface area (Å²) >= 11 is 0. The van der Waals surface area contributed by atoms with E-state index in [0.29, 0.717) is 13.0 Å². The third-order valence-electron chi connectivity index (χ3n) is 3.44. The minimum absolute atomic E-state index is 0.0687. The number of halogens is 1. The van der Waals surface area contributed by atoms with Crippen molar-refractivity contribution >= 4 is 0 Å². The van der Waals surface area contributed by atoms with Gasteiger partial charge >= 0.3 is 0 Å². The molecule has 1 fully saturated rings. The molecule has 1 aromatic rings. The van der Waals surface area contributed by atoms with Crippen LogP contribution >= 0.6 is 0 Å². The van der Waals surface area contributed by atoms with Crippen molar-refractivity contribution in [2.75, 3.05) is 19.8 Å². The minimum atomic E-state index is -0.345. The lowest BCUT2D eigenvalue weighted by Crippen LogP contribution is -2.32. The first-order valence-electron chi connectivity index (χ1n) is 6.31. The summed E-state index contributed by atoms with van der Waals surface area (Å²) in [6.45, 7) is 1.16. The summed E-state index contributed by atoms with van der Waals surface area (Å²) in [5.41, 5.74) is 1.32. The molecule has 2 unspecified atom stereocenters. The Morgan fingerprint density at radius 1 is 1.29 bits per heavy atom. The van der Waals surface area contributed by atoms with Gasteiger partial charge in [-0.3, -0.25) is 4.90 Å². The van der Waals surface area contributed by atoms with Crippen LogP contribution in [0.3, 0.4) is 0 Å². The lowest BCUT2D eigenvalue weighted by Gasteiger charge is -2.21. The first-order chi connectivity index (χ1) is 8.29. The molecule has 2 nitrogen and oxygen atoms in total. The van der Waals surface area contributed by atoms with Crippen molar-refractivity contribution in [3.8, 4) is 0 Å². The Morgan fingerprint density at radius 3 is 2.76 bits per heavy atom. The van der Waals surface area contributed by atoms with E-state index in [-0.39, 0.29) is 18.8 Å². The standard InChI is InChI=1S/C14H20FNO/c15-10-13-9-14(17)11-16(13)8-4-7-12-5-2-1-3-6-12/h1-3,5-6,13-14,17H,4,7-11H2. The van der Waals surface area contributed by atoms with Crippen LogP contribution in [0.15, 0.2) is 30.3 Å². The molecule has 2 atom stereocenters. The molecular weight excluding hydrogens is 217 g/mol. The summed E-state index contributed by atoms with van der Waals surface area (Å²) in [7, 11) is 0. The number of rotatable bonds is 5. The summed E-state index contributed by atoms with van der Waals surface area (Å²) in [6, 6.07) is 10.3. The van der Waals surface area contributed by atoms with Crippen LogP contribution in [-0.4, -0.2) is 41.9 Å². The Bertz CT molecular complexity index is 330. The zero-order valence-corrected chi connectivity index (χ0v) is 10.1. The molecular formula is C14H20FNO. The summed E-state index contributed by atoms with van der Waals surface area (Å²) in [6.07, 6.45) is 2.29. The molecule has 1 N–H and O–H groups in total. The molecule has 0 spiro atoms. The van der Waals surface area contributed by atoms with Crippen LogP contribution in [0.25, 0.3) is 0 Å². The molecule has 1 saturated heterocycles. The second-order valence-electron chi connectivity index (χ2n) is 4.78. The molecule has 1 aliphatic rings. The topological polar surface area (TPSA) is 23.5 Å². The Morgan fingerprint density at radius 2 is 2.06 bits per heavy atom. The van der Waals surface area contributed by atoms with E-state index >= 15 is 0 Å². The van der Waals surface area contributed by atoms with Gasteiger partial charge < -0.3 is 5.11 Å². The van der Waals surface area contributed by atoms with Crippen molar-refractivity contribution < 1.29 is 9.50 Å². The predicted molar refractivity (Wildman–Crippen MR) is 66.7 cm³/mol. The van der Waals surface area contributed by atoms with Crippen LogP contribution in [0.5, 0.6) is 0 Å². The number of β-amino-alcohol motifs (C(OH)–C–C–N with tert-alkyl or cyclic N) is 1. The maximum Gasteiger partial charge on any atom is 0.105 e. The molecule has 0 amide bonds. The minimum Gasteiger partial charge on any atom is -0.392 e. The normalized spacial score (nSPS) is 25.3. The zero-order chi connectivity index (χ0) is 12.1. The van der Waals surface area contributed by atoms with E-state index in [1.807, 2.05) is 18.2 Å². The van der Waals surface area contributed by atoms with Crippen molar-refractivity contribution in [3.63, 3.8) is 0 Å². The molecule has 94 valence electrons. The van der Waals surface area contributed by atoms with Crippen molar-refractivity contribution in [1.29, 1.82) is 0 Å². The third kappa shape index (κ3) is 3.51. The van der Waals surface area contributed by atoms with Gasteiger partial charge in [-0.1, -0.05) is 30.3 Å². The average Bonchev–Trinajstić information content (AvgIpc) is 2.71. The Kier molecular flexibility index (Phi) is 4.51. The van der Waals surface area contributed by atoms with E-state index in [2.05, 4.69) is 17.0 Å². The van der Waals surface area contributed by atoms with Gasteiger partial charge in [0.15, 0.2) is 0 Å². The fourth-order valence-electron chi connectivity index (χ4n) is 2.52. The number of aryl methyl sites for hydroxylation is 1. The third-order valence-corrected chi connectivity index (χ3v) is 3.44. The van der Waals surface area contributed by atoms with Gasteiger partial charge in [-0.25, -0.2) is 4.39 Å². The smallest absolute Gasteiger partial charge is 0.105 e. The molecule has 0 saturated carbocycles. The molecule has 17 heavy (non-hydrogen) atoms. The maximum atomic E-state index is 12.7. The predicted octanol–water partition coefficient (Wildman–Crippen LogP) is 2.02. The van der Waals surface area contributed by atoms with Gasteiger partial charge in [0.05, 0.1) is 6.10 Å². The maximum absolute atomic E-state index is 12.7. The number of aliphatic hydroxyl groups excluding tert-OH is 1. The molecule has 3 heteroatoms. The van der Waals surface area contributed by atoms with Crippen LogP contribution in [0.2, 0.25) is 0 Å². The molecule has 0 aromatic heterocycles. The first-order valence-corrected chi connectivity index (χ1v) is 6.31. The average molecular weight is 237 g/mol. The summed E-state index contributed by atoms with van der Waals surface area (Å²) in [5.74, 6) is 0. The Hall–Kier alpha value is -0.930. The lowest BCUT2D eigenvalue weighted by atomic mass is 10.1. The molecule has 0 aliphatic carbocycles. The quantitative estimate of drug-likeness (QED) is 0.847. The van der Waals surface area contributed by atoms with Gasteiger partial charge in [-0.15, -0.1) is 0 Å². The number of alkyl halides is 1. The van der Waals surface area contributed by atoms with E-state index in [0.717, 1.165) is 19.4 Å². The molecule has 1 aromatic carbocycles. The van der Waals surface area contributed by atoms with Crippen LogP contribution in [0.1, 0.15) is 18.4 Å². The second-order valence-corrected chi connectivity index (χ2v) is 4.78. The Balaban J connectivity index is 1.75. The largest absolute Gasteiger partial charge is 0.392 e. The highest BCUT2D eigenvalue weighted by molar-refractivity contribution is 5.14. The zero-order valence-electron chi connectivity index (χ0n) is 10.1. The van der Waals surface area contributed by atoms with Crippen LogP contribution in [-0.2, 0) is 6.42 Å². The summed E-state index contributed by atoms with van der Waals surface area (Å²) in [4.78, 5) is 2.08. The first kappa shape index (κ1) is 12.5. The van der Waals surface area contributed by atoms with Gasteiger partial charge in [0.25, 0.3) is 0 Å². The number of likely N-dealkylation sites (tertiary alicyclic amines) is 1. The van der Waals surface area contributed by atoms with Crippen molar-refractivity contribution in [1.82, 2.24) is 4.90 Å². The van der Waals surface area contributed by atoms with E-state index < -0.39 is 0 Å². The number of nitrogens with zero attached hydrogens (tertiary/aromatic N) is 1. The highest BCUT2D eigenvalue weighted by atomic mass is 19.1. The van der Waals surface area contributed by atoms with Crippen LogP contribution in [0.4, 0.5) is 4.39 Å². The van der Waals surface area contributed by atoms with Crippen LogP contribution in [0, 0.1) is 0 Å². The molecule has 2 rings (SSSR count). The van der Waals surface area contributed by atoms with Gasteiger partial charge in [0, 0.05) is 12.6 Å². The molecule has 1 aliphatic heterocycles. The van der Waals surface area contributed by atoms with E-state index in [1.165, 1.54) is 5.56 Å². The second kappa shape index (κ2) is 6.12. The Labute approximate surface area is 102 Å². The molecule has 0 radical (unpaired) electrons. The van der Waals surface area contributed by atoms with Gasteiger partial charge in [-0.2, -0.15) is 0 Å². The summed E-state index contributed by atoms with van der Waals surface area (Å²) in [5, 5.41) is 9.51. The number of benzene rings is 1. The van der Waals surface area contributed by atoms with Crippen molar-refractivity contribution in [2.45, 2.75) is 31.4 Å². The van der Waals surface area contributed by atoms with Gasteiger partial charge in [-0.05, 0) is 31.4 Å². The highest BCUT2D eigenvalue weighted by Gasteiger charge is 2.29. The summed E-state index contributed by atoms with van der Waals surface area (Å²) < 4.78 is 12.7. The number of hydrogen-bond donors (Lipinski definition) is 1. The van der Waals surface area contributed by atoms with Crippen molar-refractivity contribution in [3.05, 3.63) is 35.9 Å². The van der Waals surface area contributed by atoms with Crippen LogP contribution < -0.4 is 0 Å². The van der Waals surface area contributed by atoms with E-state index in [9.17, 15) is 9.50 Å². The van der Waals surface area contributed by atoms with Crippen molar-refractivity contribution in [2.24, 2.45) is 0 Å². The monoisotopic (exact) mass is 237 g/mol. The molecule has 0 bridgehead atoms. The van der Waals surface area contributed by atoms with Gasteiger partial charge in [0.1, 0.15) is 6.67 Å². The number of hydrogen-bond acceptors (Lipinski definition) is 2. The van der Waals surface area contributed by atoms with Gasteiger partial charge in [0.2, 0.25) is 0 Å². The SMILES string of the molecule is OC1CC(CF)N(CCCc2ccccc2)C1. The number of aliphatic hydroxyl groups is 1. The van der Waals surface area contributed by atoms with E-state index in [1.54, 1.807) is 0 Å². The lowest BCUT2D eigenvalue weighted by molar-refractivity contribution is 0.172. The van der Waals surface area contributed by atoms with E-state index in [4.69, 9.17) is 0 Å². The highest BCUT2D eigenvalue weighted by Crippen LogP contribution is 2.18.